The van der Waals surface area contributed by atoms with Gasteiger partial charge in [0.05, 0.1) is 5.60 Å². The maximum atomic E-state index is 11.4. The van der Waals surface area contributed by atoms with Gasteiger partial charge >= 0.3 is 5.97 Å². The van der Waals surface area contributed by atoms with Crippen LogP contribution in [-0.2, 0) is 4.79 Å². The highest BCUT2D eigenvalue weighted by atomic mass is 16.4. The molecule has 0 aromatic carbocycles. The second-order valence-electron chi connectivity index (χ2n) is 6.49. The molecule has 0 aliphatic heterocycles. The molecule has 0 amide bonds. The van der Waals surface area contributed by atoms with Crippen molar-refractivity contribution in [2.75, 3.05) is 0 Å². The molecular weight excluding hydrogens is 234 g/mol. The van der Waals surface area contributed by atoms with Gasteiger partial charge in [-0.2, -0.15) is 0 Å². The third-order valence-corrected chi connectivity index (χ3v) is 5.06. The minimum atomic E-state index is -1.06. The lowest BCUT2D eigenvalue weighted by molar-refractivity contribution is -0.179. The lowest BCUT2D eigenvalue weighted by Gasteiger charge is -2.61. The molecule has 0 heterocycles. The highest BCUT2D eigenvalue weighted by Crippen LogP contribution is 2.63. The smallest absolute Gasteiger partial charge is 0.313 e. The highest BCUT2D eigenvalue weighted by Gasteiger charge is 2.60. The maximum Gasteiger partial charge on any atom is 0.313 e. The van der Waals surface area contributed by atoms with E-state index >= 15 is 0 Å². The zero-order chi connectivity index (χ0) is 13.0. The van der Waals surface area contributed by atoms with Crippen LogP contribution in [0.4, 0.5) is 0 Å². The van der Waals surface area contributed by atoms with Crippen LogP contribution in [0.5, 0.6) is 0 Å². The molecule has 4 bridgehead atoms. The zero-order valence-electron chi connectivity index (χ0n) is 10.1. The van der Waals surface area contributed by atoms with E-state index in [0.29, 0.717) is 18.3 Å². The van der Waals surface area contributed by atoms with Crippen LogP contribution in [0, 0.1) is 17.3 Å². The molecule has 3 atom stereocenters. The Morgan fingerprint density at radius 1 is 1.33 bits per heavy atom. The summed E-state index contributed by atoms with van der Waals surface area (Å²) in [5.41, 5.74) is 7.35. The van der Waals surface area contributed by atoms with Crippen molar-refractivity contribution >= 4 is 5.97 Å². The van der Waals surface area contributed by atoms with Crippen molar-refractivity contribution in [1.29, 1.82) is 0 Å². The van der Waals surface area contributed by atoms with Crippen LogP contribution in [0.25, 0.3) is 10.4 Å². The predicted molar refractivity (Wildman–Crippen MR) is 62.6 cm³/mol. The van der Waals surface area contributed by atoms with E-state index in [9.17, 15) is 15.0 Å². The highest BCUT2D eigenvalue weighted by molar-refractivity contribution is 5.75. The average Bonchev–Trinajstić information content (AvgIpc) is 2.21. The number of aliphatic hydroxyl groups is 1. The first-order valence-electron chi connectivity index (χ1n) is 6.46. The third-order valence-electron chi connectivity index (χ3n) is 5.06. The summed E-state index contributed by atoms with van der Waals surface area (Å²) in [7, 11) is 0. The van der Waals surface area contributed by atoms with Gasteiger partial charge in [0.25, 0.3) is 0 Å². The van der Waals surface area contributed by atoms with Gasteiger partial charge in [-0.1, -0.05) is 5.11 Å². The molecule has 2 N–H and O–H groups in total. The number of carbonyl (C=O) groups is 1. The average molecular weight is 251 g/mol. The number of hydrogen-bond acceptors (Lipinski definition) is 3. The number of hydrogen-bond donors (Lipinski definition) is 2. The Bertz CT molecular complexity index is 428. The van der Waals surface area contributed by atoms with E-state index < -0.39 is 23.0 Å². The Balaban J connectivity index is 1.99. The Labute approximate surface area is 105 Å². The molecule has 0 spiro atoms. The zero-order valence-corrected chi connectivity index (χ0v) is 10.1. The number of nitrogens with zero attached hydrogens (tertiary/aromatic N) is 3. The SMILES string of the molecule is [N-]=[N+]=N[C@H](C(=O)O)C12CC3CC(CC(O)(C3)C1)C2. The fraction of sp³-hybridized carbons (Fsp3) is 0.917. The van der Waals surface area contributed by atoms with Gasteiger partial charge in [0.2, 0.25) is 0 Å². The van der Waals surface area contributed by atoms with Gasteiger partial charge in [0.1, 0.15) is 6.04 Å². The van der Waals surface area contributed by atoms with Gasteiger partial charge in [-0.3, -0.25) is 4.79 Å². The summed E-state index contributed by atoms with van der Waals surface area (Å²) in [4.78, 5) is 14.1. The molecule has 4 rings (SSSR count). The van der Waals surface area contributed by atoms with Crippen molar-refractivity contribution in [3.05, 3.63) is 10.4 Å². The molecule has 0 aromatic rings. The Hall–Kier alpha value is -1.26. The van der Waals surface area contributed by atoms with Crippen LogP contribution in [0.2, 0.25) is 0 Å². The first kappa shape index (κ1) is 11.8. The molecule has 0 radical (unpaired) electrons. The molecule has 4 fully saturated rings. The lowest BCUT2D eigenvalue weighted by Crippen LogP contribution is -2.60. The standard InChI is InChI=1S/C12H17N3O3/c13-15-14-9(10(16)17)11-2-7-1-8(3-11)5-12(18,4-7)6-11/h7-9,18H,1-6H2,(H,16,17)/t7?,8?,9-,11?,12?/m1/s1. The minimum Gasteiger partial charge on any atom is -0.481 e. The van der Waals surface area contributed by atoms with Gasteiger partial charge in [-0.15, -0.1) is 0 Å². The summed E-state index contributed by atoms with van der Waals surface area (Å²) in [6.45, 7) is 0. The number of azide groups is 1. The number of carboxylic acid groups (broad SMARTS) is 1. The molecule has 18 heavy (non-hydrogen) atoms. The summed E-state index contributed by atoms with van der Waals surface area (Å²) in [6.07, 6.45) is 4.70. The van der Waals surface area contributed by atoms with Crippen LogP contribution >= 0.6 is 0 Å². The van der Waals surface area contributed by atoms with E-state index in [1.165, 1.54) is 0 Å². The summed E-state index contributed by atoms with van der Waals surface area (Å²) >= 11 is 0. The number of carboxylic acids is 1. The van der Waals surface area contributed by atoms with E-state index in [2.05, 4.69) is 10.0 Å². The van der Waals surface area contributed by atoms with Crippen LogP contribution in [0.1, 0.15) is 38.5 Å². The van der Waals surface area contributed by atoms with Crippen molar-refractivity contribution in [1.82, 2.24) is 0 Å². The van der Waals surface area contributed by atoms with Gasteiger partial charge in [-0.05, 0) is 61.3 Å². The molecule has 4 saturated carbocycles. The molecular formula is C12H17N3O3. The van der Waals surface area contributed by atoms with Crippen molar-refractivity contribution in [2.45, 2.75) is 50.2 Å². The monoisotopic (exact) mass is 251 g/mol. The van der Waals surface area contributed by atoms with Gasteiger partial charge in [-0.25, -0.2) is 0 Å². The van der Waals surface area contributed by atoms with Crippen molar-refractivity contribution in [2.24, 2.45) is 22.4 Å². The molecule has 98 valence electrons. The maximum absolute atomic E-state index is 11.4. The van der Waals surface area contributed by atoms with E-state index in [0.717, 1.165) is 32.1 Å². The van der Waals surface area contributed by atoms with E-state index in [4.69, 9.17) is 5.53 Å². The summed E-state index contributed by atoms with van der Waals surface area (Å²) in [5.74, 6) is -0.266. The fourth-order valence-corrected chi connectivity index (χ4v) is 5.09. The molecule has 2 unspecified atom stereocenters. The largest absolute Gasteiger partial charge is 0.481 e. The normalized spacial score (nSPS) is 46.5. The van der Waals surface area contributed by atoms with Crippen molar-refractivity contribution in [3.8, 4) is 0 Å². The first-order valence-corrected chi connectivity index (χ1v) is 6.46. The summed E-state index contributed by atoms with van der Waals surface area (Å²) in [6, 6.07) is -1.03. The molecule has 0 saturated heterocycles. The second kappa shape index (κ2) is 3.62. The van der Waals surface area contributed by atoms with Crippen molar-refractivity contribution in [3.63, 3.8) is 0 Å². The van der Waals surface area contributed by atoms with Crippen LogP contribution < -0.4 is 0 Å². The number of rotatable bonds is 3. The van der Waals surface area contributed by atoms with Crippen LogP contribution in [-0.4, -0.2) is 27.8 Å². The first-order chi connectivity index (χ1) is 8.46. The third kappa shape index (κ3) is 1.60. The molecule has 0 aromatic heterocycles. The molecule has 6 nitrogen and oxygen atoms in total. The molecule has 4 aliphatic carbocycles. The predicted octanol–water partition coefficient (Wildman–Crippen LogP) is 2.08. The quantitative estimate of drug-likeness (QED) is 0.455. The van der Waals surface area contributed by atoms with Gasteiger partial charge < -0.3 is 10.2 Å². The van der Waals surface area contributed by atoms with Crippen molar-refractivity contribution < 1.29 is 15.0 Å². The van der Waals surface area contributed by atoms with Gasteiger partial charge in [0.15, 0.2) is 0 Å². The van der Waals surface area contributed by atoms with Crippen LogP contribution in [0.3, 0.4) is 0 Å². The molecule has 6 heteroatoms. The summed E-state index contributed by atoms with van der Waals surface area (Å²) in [5, 5.41) is 23.4. The Morgan fingerprint density at radius 2 is 1.94 bits per heavy atom. The molecule has 4 aliphatic rings. The fourth-order valence-electron chi connectivity index (χ4n) is 5.09. The Morgan fingerprint density at radius 3 is 2.39 bits per heavy atom. The second-order valence-corrected chi connectivity index (χ2v) is 6.49. The topological polar surface area (TPSA) is 106 Å². The van der Waals surface area contributed by atoms with E-state index in [1.807, 2.05) is 0 Å². The lowest BCUT2D eigenvalue weighted by atomic mass is 9.46. The minimum absolute atomic E-state index is 0.395. The van der Waals surface area contributed by atoms with Gasteiger partial charge in [0, 0.05) is 4.91 Å². The van der Waals surface area contributed by atoms with Crippen LogP contribution in [0.15, 0.2) is 5.11 Å². The van der Waals surface area contributed by atoms with E-state index in [-0.39, 0.29) is 0 Å². The van der Waals surface area contributed by atoms with E-state index in [1.54, 1.807) is 0 Å². The number of aliphatic carboxylic acids is 1. The Kier molecular flexibility index (Phi) is 2.37. The summed E-state index contributed by atoms with van der Waals surface area (Å²) < 4.78 is 0.